The van der Waals surface area contributed by atoms with E-state index in [-0.39, 0.29) is 7.43 Å². The molecule has 0 radical (unpaired) electrons. The summed E-state index contributed by atoms with van der Waals surface area (Å²) in [6, 6.07) is 11.3. The van der Waals surface area contributed by atoms with E-state index in [0.717, 1.165) is 30.5 Å². The number of fused-ring (bicyclic) bond motifs is 1. The molecule has 0 bridgehead atoms. The topological polar surface area (TPSA) is 17.3 Å². The molecule has 28 heavy (non-hydrogen) atoms. The van der Waals surface area contributed by atoms with Gasteiger partial charge in [0.25, 0.3) is 0 Å². The summed E-state index contributed by atoms with van der Waals surface area (Å²) in [7, 11) is 8.24. The number of benzene rings is 1. The normalized spacial score (nSPS) is 29.3. The average Bonchev–Trinajstić information content (AvgIpc) is 3.10. The molecule has 4 unspecified atom stereocenters. The van der Waals surface area contributed by atoms with E-state index in [1.54, 1.807) is 5.56 Å². The van der Waals surface area contributed by atoms with Crippen LogP contribution in [0.25, 0.3) is 5.32 Å². The van der Waals surface area contributed by atoms with Crippen LogP contribution in [0, 0.1) is 19.3 Å². The Balaban J connectivity index is 0.000000660. The van der Waals surface area contributed by atoms with Crippen molar-refractivity contribution in [2.75, 3.05) is 26.2 Å². The molecule has 0 aromatic heterocycles. The summed E-state index contributed by atoms with van der Waals surface area (Å²) >= 11 is -0.556. The zero-order valence-corrected chi connectivity index (χ0v) is 21.3. The Morgan fingerprint density at radius 3 is 2.29 bits per heavy atom. The predicted octanol–water partition coefficient (Wildman–Crippen LogP) is 6.62. The minimum atomic E-state index is -1.54. The van der Waals surface area contributed by atoms with Crippen molar-refractivity contribution in [2.24, 2.45) is 11.8 Å². The molecule has 0 amide bonds. The van der Waals surface area contributed by atoms with Gasteiger partial charge in [-0.15, -0.1) is 13.1 Å². The number of halogens is 2. The van der Waals surface area contributed by atoms with Crippen molar-refractivity contribution in [2.45, 2.75) is 31.0 Å². The third kappa shape index (κ3) is 5.43. The molecule has 0 N–H and O–H groups in total. The zero-order valence-electron chi connectivity index (χ0n) is 17.2. The van der Waals surface area contributed by atoms with Gasteiger partial charge in [0.15, 0.2) is 0 Å². The van der Waals surface area contributed by atoms with E-state index < -0.39 is 25.3 Å². The summed E-state index contributed by atoms with van der Waals surface area (Å²) in [5.74, 6) is 2.15. The second kappa shape index (κ2) is 11.5. The van der Waals surface area contributed by atoms with Gasteiger partial charge < -0.3 is 17.3 Å². The van der Waals surface area contributed by atoms with E-state index in [1.807, 2.05) is 0 Å². The van der Waals surface area contributed by atoms with E-state index in [2.05, 4.69) is 77.6 Å². The molecule has 1 saturated heterocycles. The number of piperazine rings is 1. The van der Waals surface area contributed by atoms with Crippen molar-refractivity contribution in [3.63, 3.8) is 0 Å². The van der Waals surface area contributed by atoms with Gasteiger partial charge >= 0.3 is 35.6 Å². The van der Waals surface area contributed by atoms with Crippen LogP contribution in [-0.2, 0) is 17.0 Å². The molecule has 1 saturated carbocycles. The summed E-state index contributed by atoms with van der Waals surface area (Å²) in [6.45, 7) is 9.65. The van der Waals surface area contributed by atoms with E-state index in [0.29, 0.717) is 5.92 Å². The van der Waals surface area contributed by atoms with Crippen LogP contribution in [0.3, 0.4) is 0 Å². The molecule has 6 heteroatoms. The summed E-state index contributed by atoms with van der Waals surface area (Å²) in [5.41, 5.74) is 2.35. The monoisotopic (exact) mass is 470 g/mol. The van der Waals surface area contributed by atoms with Crippen LogP contribution in [0.1, 0.15) is 17.9 Å². The number of nitrogens with zero attached hydrogens (tertiary/aromatic N) is 2. The van der Waals surface area contributed by atoms with Crippen LogP contribution >= 0.6 is 18.6 Å². The molecule has 3 aliphatic rings. The standard InChI is InChI=1S/C21H29N2Si.CH3.2ClH.Ti/c1-24(2,23-14-12-22-13-15-23)21-19-11-7-6-10-18(19)16-20(21)17-8-4-3-5-9-17;;;;/h3-11,18-21H,12-16H2,1-2H3;1H3;2*1H;/q2*-1;;;+2/p-2. The first-order chi connectivity index (χ1) is 13.1. The molecule has 2 nitrogen and oxygen atoms in total. The fourth-order valence-electron chi connectivity index (χ4n) is 5.40. The predicted molar refractivity (Wildman–Crippen MR) is 123 cm³/mol. The molecule has 1 aromatic carbocycles. The van der Waals surface area contributed by atoms with Gasteiger partial charge in [-0.25, -0.2) is 0 Å². The van der Waals surface area contributed by atoms with Crippen LogP contribution in [-0.4, -0.2) is 39.0 Å². The van der Waals surface area contributed by atoms with Crippen LogP contribution in [0.15, 0.2) is 54.6 Å². The molecule has 1 aromatic rings. The molecule has 4 rings (SSSR count). The summed E-state index contributed by atoms with van der Waals surface area (Å²) in [6.07, 6.45) is 10.9. The van der Waals surface area contributed by atoms with E-state index >= 15 is 0 Å². The maximum atomic E-state index is 4.89. The number of rotatable bonds is 3. The van der Waals surface area contributed by atoms with Gasteiger partial charge in [-0.2, -0.15) is 0 Å². The first-order valence-corrected chi connectivity index (χ1v) is 17.2. The third-order valence-corrected chi connectivity index (χ3v) is 11.1. The summed E-state index contributed by atoms with van der Waals surface area (Å²) in [4.78, 5) is 0. The second-order valence-electron chi connectivity index (χ2n) is 8.17. The molecule has 4 atom stereocenters. The van der Waals surface area contributed by atoms with Crippen LogP contribution in [0.5, 0.6) is 0 Å². The second-order valence-corrected chi connectivity index (χ2v) is 15.4. The van der Waals surface area contributed by atoms with E-state index in [1.165, 1.54) is 19.5 Å². The number of allylic oxidation sites excluding steroid dienone is 4. The Bertz CT molecular complexity index is 647. The number of hydrogen-bond donors (Lipinski definition) is 0. The molecular formula is C22H32Cl2N2SiTi-2. The zero-order chi connectivity index (χ0) is 19.3. The fourth-order valence-corrected chi connectivity index (χ4v) is 9.79. The third-order valence-electron chi connectivity index (χ3n) is 6.59. The first kappa shape index (κ1) is 24.4. The van der Waals surface area contributed by atoms with Crippen LogP contribution < -0.4 is 0 Å². The van der Waals surface area contributed by atoms with Gasteiger partial charge in [-0.05, 0) is 48.4 Å². The Morgan fingerprint density at radius 2 is 1.64 bits per heavy atom. The van der Waals surface area contributed by atoms with Crippen molar-refractivity contribution in [3.8, 4) is 0 Å². The average molecular weight is 471 g/mol. The van der Waals surface area contributed by atoms with Crippen molar-refractivity contribution in [1.29, 1.82) is 0 Å². The van der Waals surface area contributed by atoms with Crippen LogP contribution in [0.2, 0.25) is 18.6 Å². The molecule has 1 aliphatic heterocycles. The SMILES string of the molecule is C[Si](C)(C1C(c2ccccc2)CC2C=CC=CC21)N1CC[N-]CC1.[CH3-].[Cl][Ti][Cl]. The Hall–Kier alpha value is 0.131. The van der Waals surface area contributed by atoms with Gasteiger partial charge in [0.1, 0.15) is 8.24 Å². The quantitative estimate of drug-likeness (QED) is 0.358. The summed E-state index contributed by atoms with van der Waals surface area (Å²) in [5, 5.41) is 4.58. The minimum absolute atomic E-state index is 0. The molecular weight excluding hydrogens is 439 g/mol. The summed E-state index contributed by atoms with van der Waals surface area (Å²) < 4.78 is 2.84. The molecule has 154 valence electrons. The van der Waals surface area contributed by atoms with Gasteiger partial charge in [0.05, 0.1) is 0 Å². The number of hydrogen-bond acceptors (Lipinski definition) is 1. The van der Waals surface area contributed by atoms with Gasteiger partial charge in [0.2, 0.25) is 0 Å². The Labute approximate surface area is 189 Å². The molecule has 1 heterocycles. The van der Waals surface area contributed by atoms with Gasteiger partial charge in [0, 0.05) is 0 Å². The van der Waals surface area contributed by atoms with Crippen molar-refractivity contribution < 1.29 is 17.0 Å². The fraction of sp³-hybridized carbons (Fsp3) is 0.500. The van der Waals surface area contributed by atoms with Crippen LogP contribution in [0.4, 0.5) is 0 Å². The molecule has 2 fully saturated rings. The van der Waals surface area contributed by atoms with Crippen molar-refractivity contribution in [3.05, 3.63) is 72.9 Å². The Kier molecular flexibility index (Phi) is 10.0. The van der Waals surface area contributed by atoms with E-state index in [9.17, 15) is 0 Å². The van der Waals surface area contributed by atoms with E-state index in [4.69, 9.17) is 18.6 Å². The Morgan fingerprint density at radius 1 is 1.04 bits per heavy atom. The maximum absolute atomic E-state index is 4.89. The first-order valence-electron chi connectivity index (χ1n) is 9.84. The van der Waals surface area contributed by atoms with Gasteiger partial charge in [-0.1, -0.05) is 67.7 Å². The van der Waals surface area contributed by atoms with Crippen molar-refractivity contribution >= 4 is 26.8 Å². The van der Waals surface area contributed by atoms with Gasteiger partial charge in [-0.3, -0.25) is 0 Å². The van der Waals surface area contributed by atoms with Crippen molar-refractivity contribution in [1.82, 2.24) is 4.57 Å². The molecule has 0 spiro atoms. The molecule has 2 aliphatic carbocycles.